The van der Waals surface area contributed by atoms with Crippen LogP contribution >= 0.6 is 0 Å². The van der Waals surface area contributed by atoms with E-state index in [4.69, 9.17) is 9.72 Å². The van der Waals surface area contributed by atoms with Crippen LogP contribution in [-0.4, -0.2) is 41.9 Å². The second kappa shape index (κ2) is 11.9. The van der Waals surface area contributed by atoms with Crippen LogP contribution in [-0.2, 0) is 19.4 Å². The van der Waals surface area contributed by atoms with Gasteiger partial charge in [0.05, 0.1) is 25.0 Å². The van der Waals surface area contributed by atoms with Gasteiger partial charge in [0.25, 0.3) is 0 Å². The number of nitrogens with zero attached hydrogens (tertiary/aromatic N) is 6. The number of H-pyrrole nitrogens is 1. The number of unbranched alkanes of at least 4 members (excludes halogenated alkanes) is 1. The van der Waals surface area contributed by atoms with Crippen molar-refractivity contribution in [2.45, 2.75) is 52.5 Å². The molecule has 5 rings (SSSR count). The molecule has 5 aromatic rings. The van der Waals surface area contributed by atoms with Crippen molar-refractivity contribution in [2.75, 3.05) is 7.11 Å². The number of rotatable bonds is 11. The van der Waals surface area contributed by atoms with Gasteiger partial charge in [-0.2, -0.15) is 0 Å². The first-order valence-electron chi connectivity index (χ1n) is 13.4. The van der Waals surface area contributed by atoms with Gasteiger partial charge in [0.2, 0.25) is 0 Å². The number of imidazole rings is 1. The van der Waals surface area contributed by atoms with Gasteiger partial charge in [-0.15, -0.1) is 5.10 Å². The van der Waals surface area contributed by atoms with Gasteiger partial charge in [-0.1, -0.05) is 69.2 Å². The molecule has 2 aromatic carbocycles. The van der Waals surface area contributed by atoms with Crippen molar-refractivity contribution in [2.24, 2.45) is 0 Å². The minimum atomic E-state index is -0.0739. The molecule has 39 heavy (non-hydrogen) atoms. The molecule has 0 aliphatic carbocycles. The normalized spacial score (nSPS) is 11.2. The summed E-state index contributed by atoms with van der Waals surface area (Å²) in [5.74, 6) is 1.29. The van der Waals surface area contributed by atoms with Crippen molar-refractivity contribution in [3.05, 3.63) is 94.3 Å². The maximum absolute atomic E-state index is 13.9. The fourth-order valence-electron chi connectivity index (χ4n) is 4.94. The van der Waals surface area contributed by atoms with Crippen LogP contribution in [0, 0.1) is 0 Å². The molecule has 200 valence electrons. The lowest BCUT2D eigenvalue weighted by Crippen LogP contribution is -2.25. The summed E-state index contributed by atoms with van der Waals surface area (Å²) in [6, 6.07) is 17.8. The molecule has 0 saturated heterocycles. The third-order valence-electron chi connectivity index (χ3n) is 6.88. The molecule has 0 aliphatic rings. The van der Waals surface area contributed by atoms with E-state index < -0.39 is 0 Å². The zero-order valence-electron chi connectivity index (χ0n) is 22.6. The van der Waals surface area contributed by atoms with Crippen molar-refractivity contribution in [1.29, 1.82) is 0 Å². The van der Waals surface area contributed by atoms with E-state index in [0.717, 1.165) is 71.4 Å². The van der Waals surface area contributed by atoms with Crippen LogP contribution in [0.3, 0.4) is 0 Å². The third kappa shape index (κ3) is 5.38. The molecular formula is C30H33N7O2. The number of ether oxygens (including phenoxy) is 1. The molecule has 0 aliphatic heterocycles. The van der Waals surface area contributed by atoms with Crippen LogP contribution in [0.1, 0.15) is 49.9 Å². The second-order valence-electron chi connectivity index (χ2n) is 9.53. The van der Waals surface area contributed by atoms with Crippen LogP contribution in [0.15, 0.2) is 71.8 Å². The number of pyridine rings is 1. The highest BCUT2D eigenvalue weighted by molar-refractivity contribution is 5.78. The fraction of sp³-hybridized carbons (Fsp3) is 0.300. The summed E-state index contributed by atoms with van der Waals surface area (Å²) in [4.78, 5) is 18.6. The second-order valence-corrected chi connectivity index (χ2v) is 9.53. The van der Waals surface area contributed by atoms with Gasteiger partial charge >= 0.3 is 5.69 Å². The number of aromatic nitrogens is 7. The first-order valence-corrected chi connectivity index (χ1v) is 13.4. The molecule has 0 atom stereocenters. The van der Waals surface area contributed by atoms with Crippen molar-refractivity contribution >= 4 is 0 Å². The third-order valence-corrected chi connectivity index (χ3v) is 6.88. The summed E-state index contributed by atoms with van der Waals surface area (Å²) < 4.78 is 9.31. The molecule has 0 unspecified atom stereocenters. The van der Waals surface area contributed by atoms with Gasteiger partial charge in [0.15, 0.2) is 5.82 Å². The van der Waals surface area contributed by atoms with E-state index in [1.54, 1.807) is 11.7 Å². The number of nitrogens with one attached hydrogen (secondary N) is 1. The van der Waals surface area contributed by atoms with Crippen LogP contribution in [0.25, 0.3) is 28.3 Å². The lowest BCUT2D eigenvalue weighted by molar-refractivity contribution is 0.411. The van der Waals surface area contributed by atoms with E-state index in [9.17, 15) is 4.79 Å². The average Bonchev–Trinajstić information content (AvgIpc) is 3.61. The molecule has 0 saturated carbocycles. The number of aromatic amines is 1. The molecule has 0 fully saturated rings. The van der Waals surface area contributed by atoms with Gasteiger partial charge in [-0.3, -0.25) is 14.1 Å². The van der Waals surface area contributed by atoms with Gasteiger partial charge in [-0.25, -0.2) is 9.89 Å². The largest absolute Gasteiger partial charge is 0.495 e. The Hall–Kier alpha value is -4.53. The zero-order valence-corrected chi connectivity index (χ0v) is 22.6. The van der Waals surface area contributed by atoms with E-state index >= 15 is 0 Å². The number of benzene rings is 2. The first-order chi connectivity index (χ1) is 19.1. The monoisotopic (exact) mass is 523 g/mol. The van der Waals surface area contributed by atoms with Crippen molar-refractivity contribution in [3.63, 3.8) is 0 Å². The number of methoxy groups -OCH3 is 1. The van der Waals surface area contributed by atoms with Crippen molar-refractivity contribution in [1.82, 2.24) is 34.7 Å². The summed E-state index contributed by atoms with van der Waals surface area (Å²) in [6.45, 7) is 4.74. The molecule has 9 nitrogen and oxygen atoms in total. The lowest BCUT2D eigenvalue weighted by atomic mass is 10.0. The highest BCUT2D eigenvalue weighted by Crippen LogP contribution is 2.29. The Morgan fingerprint density at radius 1 is 0.949 bits per heavy atom. The molecule has 1 N–H and O–H groups in total. The topological polar surface area (TPSA) is 104 Å². The summed E-state index contributed by atoms with van der Waals surface area (Å²) >= 11 is 0. The predicted octanol–water partition coefficient (Wildman–Crippen LogP) is 5.23. The Kier molecular flexibility index (Phi) is 7.96. The van der Waals surface area contributed by atoms with Crippen molar-refractivity contribution < 1.29 is 4.74 Å². The van der Waals surface area contributed by atoms with Gasteiger partial charge in [0, 0.05) is 29.2 Å². The minimum Gasteiger partial charge on any atom is -0.495 e. The molecule has 3 aromatic heterocycles. The summed E-state index contributed by atoms with van der Waals surface area (Å²) in [5, 5.41) is 14.3. The van der Waals surface area contributed by atoms with E-state index in [1.165, 1.54) is 0 Å². The summed E-state index contributed by atoms with van der Waals surface area (Å²) in [5.41, 5.74) is 6.41. The number of hydrogen-bond acceptors (Lipinski definition) is 6. The van der Waals surface area contributed by atoms with Crippen LogP contribution in [0.4, 0.5) is 0 Å². The molecular weight excluding hydrogens is 490 g/mol. The number of hydrogen-bond donors (Lipinski definition) is 1. The van der Waals surface area contributed by atoms with E-state index in [-0.39, 0.29) is 5.69 Å². The van der Waals surface area contributed by atoms with Crippen LogP contribution < -0.4 is 10.4 Å². The predicted molar refractivity (Wildman–Crippen MR) is 151 cm³/mol. The molecule has 0 amide bonds. The summed E-state index contributed by atoms with van der Waals surface area (Å²) in [6.07, 6.45) is 8.54. The quantitative estimate of drug-likeness (QED) is 0.254. The molecule has 0 radical (unpaired) electrons. The minimum absolute atomic E-state index is 0.0739. The standard InChI is InChI=1S/C30H33N7O2/c1-4-6-12-23-20-37(28-22(10-5-2)11-9-15-27(28)39-3)30(38)36(23)19-21-16-17-26(31-18-21)24-13-7-8-14-25(24)29-32-34-35-33-29/h7-9,11,13-18,20H,4-6,10,12,19H2,1-3H3,(H,32,33,34,35). The number of aryl methyl sites for hydroxylation is 2. The Balaban J connectivity index is 1.51. The fourth-order valence-corrected chi connectivity index (χ4v) is 4.94. The highest BCUT2D eigenvalue weighted by atomic mass is 16.5. The number of para-hydroxylation sites is 1. The van der Waals surface area contributed by atoms with Crippen LogP contribution in [0.5, 0.6) is 5.75 Å². The van der Waals surface area contributed by atoms with Gasteiger partial charge in [-0.05, 0) is 52.9 Å². The smallest absolute Gasteiger partial charge is 0.333 e. The maximum Gasteiger partial charge on any atom is 0.333 e. The Labute approximate surface area is 227 Å². The van der Waals surface area contributed by atoms with E-state index in [2.05, 4.69) is 40.5 Å². The van der Waals surface area contributed by atoms with E-state index in [1.807, 2.05) is 65.5 Å². The highest BCUT2D eigenvalue weighted by Gasteiger charge is 2.19. The maximum atomic E-state index is 13.9. The van der Waals surface area contributed by atoms with Crippen LogP contribution in [0.2, 0.25) is 0 Å². The summed E-state index contributed by atoms with van der Waals surface area (Å²) in [7, 11) is 1.65. The van der Waals surface area contributed by atoms with Gasteiger partial charge < -0.3 is 4.74 Å². The first kappa shape index (κ1) is 26.1. The molecule has 9 heteroatoms. The molecule has 0 spiro atoms. The van der Waals surface area contributed by atoms with Crippen molar-refractivity contribution in [3.8, 4) is 34.1 Å². The van der Waals surface area contributed by atoms with E-state index in [0.29, 0.717) is 18.1 Å². The Morgan fingerprint density at radius 2 is 1.79 bits per heavy atom. The zero-order chi connectivity index (χ0) is 27.2. The molecule has 0 bridgehead atoms. The Morgan fingerprint density at radius 3 is 2.49 bits per heavy atom. The lowest BCUT2D eigenvalue weighted by Gasteiger charge is -2.13. The Bertz CT molecular complexity index is 1580. The average molecular weight is 524 g/mol. The van der Waals surface area contributed by atoms with Gasteiger partial charge in [0.1, 0.15) is 5.75 Å². The SMILES string of the molecule is CCCCc1cn(-c2c(CCC)cccc2OC)c(=O)n1Cc1ccc(-c2ccccc2-c2nnn[nH]2)nc1. The molecule has 3 heterocycles. The number of tetrazole rings is 1.